The molecule has 11 heteroatoms. The molecule has 0 aliphatic carbocycles. The predicted molar refractivity (Wildman–Crippen MR) is 91.0 cm³/mol. The van der Waals surface area contributed by atoms with Crippen LogP contribution in [0, 0.1) is 0 Å². The molecular weight excluding hydrogens is 379 g/mol. The predicted octanol–water partition coefficient (Wildman–Crippen LogP) is 2.09. The number of rotatable bonds is 6. The second-order valence-electron chi connectivity index (χ2n) is 5.61. The number of methoxy groups -OCH3 is 1. The molecule has 0 bridgehead atoms. The third-order valence-electron chi connectivity index (χ3n) is 3.49. The van der Waals surface area contributed by atoms with E-state index in [0.717, 1.165) is 0 Å². The molecule has 0 radical (unpaired) electrons. The van der Waals surface area contributed by atoms with Crippen LogP contribution in [0.4, 0.5) is 13.2 Å². The third kappa shape index (κ3) is 5.02. The Kier molecular flexibility index (Phi) is 5.52. The van der Waals surface area contributed by atoms with Gasteiger partial charge in [0.05, 0.1) is 25.5 Å². The molecule has 0 unspecified atom stereocenters. The topological polar surface area (TPSA) is 92.0 Å². The Hall–Kier alpha value is -3.50. The summed E-state index contributed by atoms with van der Waals surface area (Å²) in [5.41, 5.74) is 1.16. The Morgan fingerprint density at radius 1 is 1.11 bits per heavy atom. The Morgan fingerprint density at radius 3 is 2.54 bits per heavy atom. The molecule has 3 heterocycles. The zero-order chi connectivity index (χ0) is 20.1. The minimum Gasteiger partial charge on any atom is -0.495 e. The van der Waals surface area contributed by atoms with Crippen LogP contribution in [0.15, 0.2) is 47.8 Å². The quantitative estimate of drug-likeness (QED) is 0.633. The van der Waals surface area contributed by atoms with Crippen LogP contribution in [0.5, 0.6) is 11.8 Å². The van der Waals surface area contributed by atoms with Gasteiger partial charge in [0.1, 0.15) is 5.75 Å². The molecule has 28 heavy (non-hydrogen) atoms. The van der Waals surface area contributed by atoms with E-state index < -0.39 is 18.8 Å². The van der Waals surface area contributed by atoms with Gasteiger partial charge >= 0.3 is 12.2 Å². The highest BCUT2D eigenvalue weighted by atomic mass is 19.4. The lowest BCUT2D eigenvalue weighted by Gasteiger charge is -2.09. The Labute approximate surface area is 156 Å². The van der Waals surface area contributed by atoms with E-state index in [1.807, 2.05) is 0 Å². The highest BCUT2D eigenvalue weighted by Gasteiger charge is 2.28. The van der Waals surface area contributed by atoms with Crippen molar-refractivity contribution in [1.29, 1.82) is 0 Å². The summed E-state index contributed by atoms with van der Waals surface area (Å²) in [6, 6.07) is 4.11. The molecule has 0 aliphatic rings. The van der Waals surface area contributed by atoms with Gasteiger partial charge in [0.2, 0.25) is 0 Å². The van der Waals surface area contributed by atoms with Crippen molar-refractivity contribution in [2.75, 3.05) is 13.7 Å². The van der Waals surface area contributed by atoms with Crippen LogP contribution in [0.1, 0.15) is 5.56 Å². The molecule has 0 aliphatic heterocycles. The van der Waals surface area contributed by atoms with Gasteiger partial charge in [-0.05, 0) is 17.7 Å². The number of pyridine rings is 1. The van der Waals surface area contributed by atoms with E-state index in [-0.39, 0.29) is 12.1 Å². The maximum atomic E-state index is 12.2. The maximum absolute atomic E-state index is 12.2. The molecule has 3 aromatic rings. The van der Waals surface area contributed by atoms with E-state index in [9.17, 15) is 18.0 Å². The fourth-order valence-electron chi connectivity index (χ4n) is 2.22. The van der Waals surface area contributed by atoms with Crippen LogP contribution in [-0.2, 0) is 6.54 Å². The van der Waals surface area contributed by atoms with E-state index in [4.69, 9.17) is 4.74 Å². The van der Waals surface area contributed by atoms with Gasteiger partial charge in [0.15, 0.2) is 6.61 Å². The second-order valence-corrected chi connectivity index (χ2v) is 5.61. The molecule has 0 amide bonds. The van der Waals surface area contributed by atoms with E-state index in [1.54, 1.807) is 12.3 Å². The molecule has 8 nitrogen and oxygen atoms in total. The van der Waals surface area contributed by atoms with Crippen molar-refractivity contribution in [1.82, 2.24) is 24.7 Å². The number of halogens is 3. The van der Waals surface area contributed by atoms with Crippen LogP contribution in [-0.4, -0.2) is 44.6 Å². The highest BCUT2D eigenvalue weighted by molar-refractivity contribution is 5.55. The van der Waals surface area contributed by atoms with Crippen LogP contribution in [0.25, 0.3) is 11.3 Å². The number of nitrogens with zero attached hydrogens (tertiary/aromatic N) is 5. The van der Waals surface area contributed by atoms with Crippen molar-refractivity contribution in [3.05, 3.63) is 58.9 Å². The van der Waals surface area contributed by atoms with Gasteiger partial charge < -0.3 is 9.47 Å². The minimum absolute atomic E-state index is 0.157. The summed E-state index contributed by atoms with van der Waals surface area (Å²) in [6.45, 7) is -1.32. The van der Waals surface area contributed by atoms with E-state index in [0.29, 0.717) is 22.6 Å². The molecular formula is C17H14F3N5O3. The SMILES string of the molecule is COc1cncc(Cn2nc(-c3cnc(OCC(F)(F)F)nc3)ccc2=O)c1. The first-order valence-corrected chi connectivity index (χ1v) is 7.92. The molecule has 3 aromatic heterocycles. The van der Waals surface area contributed by atoms with Crippen molar-refractivity contribution >= 4 is 0 Å². The van der Waals surface area contributed by atoms with E-state index >= 15 is 0 Å². The van der Waals surface area contributed by atoms with E-state index in [2.05, 4.69) is 24.8 Å². The zero-order valence-electron chi connectivity index (χ0n) is 14.6. The number of alkyl halides is 3. The first-order valence-electron chi connectivity index (χ1n) is 7.92. The highest BCUT2D eigenvalue weighted by Crippen LogP contribution is 2.18. The summed E-state index contributed by atoms with van der Waals surface area (Å²) in [7, 11) is 1.51. The Bertz CT molecular complexity index is 1010. The van der Waals surface area contributed by atoms with Gasteiger partial charge in [-0.25, -0.2) is 14.6 Å². The number of ether oxygens (including phenoxy) is 2. The van der Waals surface area contributed by atoms with Crippen LogP contribution < -0.4 is 15.0 Å². The van der Waals surface area contributed by atoms with Crippen LogP contribution in [0.2, 0.25) is 0 Å². The van der Waals surface area contributed by atoms with Crippen molar-refractivity contribution in [3.8, 4) is 23.0 Å². The number of aromatic nitrogens is 5. The average Bonchev–Trinajstić information content (AvgIpc) is 2.68. The largest absolute Gasteiger partial charge is 0.495 e. The molecule has 0 N–H and O–H groups in total. The molecule has 0 aromatic carbocycles. The van der Waals surface area contributed by atoms with Crippen molar-refractivity contribution in [3.63, 3.8) is 0 Å². The lowest BCUT2D eigenvalue weighted by molar-refractivity contribution is -0.154. The number of hydrogen-bond donors (Lipinski definition) is 0. The normalized spacial score (nSPS) is 11.3. The van der Waals surface area contributed by atoms with Gasteiger partial charge in [0, 0.05) is 30.2 Å². The lowest BCUT2D eigenvalue weighted by Crippen LogP contribution is -2.23. The zero-order valence-corrected chi connectivity index (χ0v) is 14.6. The standard InChI is InChI=1S/C17H14F3N5O3/c1-27-13-4-11(5-21-8-13)9-25-15(26)3-2-14(24-25)12-6-22-16(23-7-12)28-10-17(18,19)20/h2-8H,9-10H2,1H3. The molecule has 3 rings (SSSR count). The first kappa shape index (κ1) is 19.3. The molecule has 0 spiro atoms. The van der Waals surface area contributed by atoms with Crippen molar-refractivity contribution in [2.24, 2.45) is 0 Å². The molecule has 0 saturated heterocycles. The summed E-state index contributed by atoms with van der Waals surface area (Å²) in [4.78, 5) is 23.6. The third-order valence-corrected chi connectivity index (χ3v) is 3.49. The molecule has 146 valence electrons. The van der Waals surface area contributed by atoms with Crippen LogP contribution in [0.3, 0.4) is 0 Å². The molecule has 0 saturated carbocycles. The fourth-order valence-corrected chi connectivity index (χ4v) is 2.22. The summed E-state index contributed by atoms with van der Waals surface area (Å²) in [5, 5.41) is 4.24. The van der Waals surface area contributed by atoms with Crippen molar-refractivity contribution in [2.45, 2.75) is 12.7 Å². The summed E-state index contributed by atoms with van der Waals surface area (Å²) >= 11 is 0. The lowest BCUT2D eigenvalue weighted by atomic mass is 10.2. The van der Waals surface area contributed by atoms with Gasteiger partial charge in [-0.2, -0.15) is 18.3 Å². The van der Waals surface area contributed by atoms with Crippen LogP contribution >= 0.6 is 0 Å². The fraction of sp³-hybridized carbons (Fsp3) is 0.235. The maximum Gasteiger partial charge on any atom is 0.422 e. The minimum atomic E-state index is -4.48. The number of hydrogen-bond acceptors (Lipinski definition) is 7. The summed E-state index contributed by atoms with van der Waals surface area (Å²) in [6.07, 6.45) is 1.18. The monoisotopic (exact) mass is 393 g/mol. The average molecular weight is 393 g/mol. The van der Waals surface area contributed by atoms with E-state index in [1.165, 1.54) is 42.5 Å². The smallest absolute Gasteiger partial charge is 0.422 e. The Balaban J connectivity index is 1.79. The molecule has 0 fully saturated rings. The van der Waals surface area contributed by atoms with Crippen molar-refractivity contribution < 1.29 is 22.6 Å². The molecule has 0 atom stereocenters. The van der Waals surface area contributed by atoms with Gasteiger partial charge in [-0.15, -0.1) is 0 Å². The van der Waals surface area contributed by atoms with Gasteiger partial charge in [-0.1, -0.05) is 0 Å². The summed E-state index contributed by atoms with van der Waals surface area (Å²) in [5.74, 6) is 0.546. The second kappa shape index (κ2) is 8.03. The van der Waals surface area contributed by atoms with Gasteiger partial charge in [-0.3, -0.25) is 9.78 Å². The summed E-state index contributed by atoms with van der Waals surface area (Å²) < 4.78 is 47.3. The van der Waals surface area contributed by atoms with Gasteiger partial charge in [0.25, 0.3) is 5.56 Å². The first-order chi connectivity index (χ1) is 13.3. The Morgan fingerprint density at radius 2 is 1.86 bits per heavy atom.